The third-order valence-electron chi connectivity index (χ3n) is 6.09. The van der Waals surface area contributed by atoms with E-state index in [4.69, 9.17) is 4.74 Å². The van der Waals surface area contributed by atoms with Crippen molar-refractivity contribution in [2.75, 3.05) is 46.9 Å². The number of carbonyl (C=O) groups is 1. The highest BCUT2D eigenvalue weighted by Crippen LogP contribution is 2.28. The molecule has 0 bridgehead atoms. The summed E-state index contributed by atoms with van der Waals surface area (Å²) in [6.07, 6.45) is 2.10. The molecular formula is C24H30N4O4S. The minimum Gasteiger partial charge on any atom is -0.379 e. The number of nitrogens with one attached hydrogen (secondary N) is 1. The molecule has 9 heteroatoms. The Bertz CT molecular complexity index is 1230. The number of benzene rings is 2. The maximum absolute atomic E-state index is 12.8. The predicted octanol–water partition coefficient (Wildman–Crippen LogP) is 2.23. The lowest BCUT2D eigenvalue weighted by Crippen LogP contribution is -2.40. The van der Waals surface area contributed by atoms with Gasteiger partial charge in [0.25, 0.3) is 5.91 Å². The van der Waals surface area contributed by atoms with Gasteiger partial charge in [-0.3, -0.25) is 4.79 Å². The second kappa shape index (κ2) is 9.64. The normalized spacial score (nSPS) is 16.2. The maximum atomic E-state index is 12.8. The number of morpholine rings is 1. The van der Waals surface area contributed by atoms with E-state index in [0.717, 1.165) is 16.5 Å². The largest absolute Gasteiger partial charge is 0.379 e. The van der Waals surface area contributed by atoms with E-state index in [9.17, 15) is 13.2 Å². The molecule has 0 aliphatic carbocycles. The van der Waals surface area contributed by atoms with Gasteiger partial charge in [-0.05, 0) is 50.0 Å². The molecule has 1 atom stereocenters. The van der Waals surface area contributed by atoms with Crippen LogP contribution >= 0.6 is 0 Å². The van der Waals surface area contributed by atoms with Crippen LogP contribution in [0.4, 0.5) is 0 Å². The molecule has 1 aromatic heterocycles. The van der Waals surface area contributed by atoms with E-state index in [1.165, 1.54) is 16.4 Å². The number of rotatable bonds is 7. The summed E-state index contributed by atoms with van der Waals surface area (Å²) in [5.41, 5.74) is 2.71. The van der Waals surface area contributed by atoms with Crippen molar-refractivity contribution in [3.05, 3.63) is 65.9 Å². The molecule has 1 aliphatic rings. The van der Waals surface area contributed by atoms with E-state index in [2.05, 4.69) is 33.1 Å². The summed E-state index contributed by atoms with van der Waals surface area (Å²) in [5, 5.41) is 4.17. The molecule has 0 saturated carbocycles. The van der Waals surface area contributed by atoms with Crippen LogP contribution in [0.5, 0.6) is 0 Å². The van der Waals surface area contributed by atoms with E-state index in [1.807, 2.05) is 33.3 Å². The summed E-state index contributed by atoms with van der Waals surface area (Å²) in [4.78, 5) is 15.1. The Kier molecular flexibility index (Phi) is 6.85. The molecule has 8 nitrogen and oxygen atoms in total. The molecule has 3 aromatic rings. The number of carbonyl (C=O) groups excluding carboxylic acids is 1. The van der Waals surface area contributed by atoms with Crippen molar-refractivity contribution in [2.24, 2.45) is 7.05 Å². The van der Waals surface area contributed by atoms with Crippen molar-refractivity contribution in [2.45, 2.75) is 10.9 Å². The molecular weight excluding hydrogens is 440 g/mol. The highest BCUT2D eigenvalue weighted by atomic mass is 32.2. The fourth-order valence-electron chi connectivity index (χ4n) is 4.22. The quantitative estimate of drug-likeness (QED) is 0.573. The number of likely N-dealkylation sites (N-methyl/N-ethyl adjacent to an activating group) is 1. The first-order valence-corrected chi connectivity index (χ1v) is 12.4. The Morgan fingerprint density at radius 1 is 1.09 bits per heavy atom. The lowest BCUT2D eigenvalue weighted by Gasteiger charge is -2.26. The molecule has 2 heterocycles. The van der Waals surface area contributed by atoms with Crippen molar-refractivity contribution in [1.29, 1.82) is 0 Å². The van der Waals surface area contributed by atoms with Gasteiger partial charge in [-0.25, -0.2) is 8.42 Å². The van der Waals surface area contributed by atoms with Crippen LogP contribution in [0.15, 0.2) is 59.6 Å². The van der Waals surface area contributed by atoms with E-state index in [1.54, 1.807) is 12.1 Å². The number of sulfonamides is 1. The van der Waals surface area contributed by atoms with Crippen LogP contribution in [0.3, 0.4) is 0 Å². The van der Waals surface area contributed by atoms with Gasteiger partial charge in [0.2, 0.25) is 10.0 Å². The Hall–Kier alpha value is -2.72. The van der Waals surface area contributed by atoms with Gasteiger partial charge >= 0.3 is 0 Å². The molecule has 0 spiro atoms. The average molecular weight is 471 g/mol. The Balaban J connectivity index is 1.47. The molecule has 1 aliphatic heterocycles. The number of para-hydroxylation sites is 1. The first-order chi connectivity index (χ1) is 15.8. The molecule has 1 saturated heterocycles. The third kappa shape index (κ3) is 4.81. The minimum atomic E-state index is -3.58. The lowest BCUT2D eigenvalue weighted by molar-refractivity contribution is 0.0730. The third-order valence-corrected chi connectivity index (χ3v) is 8.00. The first kappa shape index (κ1) is 23.4. The van der Waals surface area contributed by atoms with Crippen LogP contribution in [0.25, 0.3) is 10.9 Å². The number of aryl methyl sites for hydroxylation is 1. The number of ether oxygens (including phenoxy) is 1. The van der Waals surface area contributed by atoms with Crippen LogP contribution in [0, 0.1) is 0 Å². The predicted molar refractivity (Wildman–Crippen MR) is 128 cm³/mol. The molecule has 4 rings (SSSR count). The summed E-state index contributed by atoms with van der Waals surface area (Å²) in [6.45, 7) is 1.88. The highest BCUT2D eigenvalue weighted by Gasteiger charge is 2.26. The summed E-state index contributed by atoms with van der Waals surface area (Å²) in [7, 11) is 2.41. The summed E-state index contributed by atoms with van der Waals surface area (Å²) in [6, 6.07) is 14.3. The van der Waals surface area contributed by atoms with Crippen molar-refractivity contribution in [1.82, 2.24) is 19.1 Å². The standard InChI is InChI=1S/C24H30N4O4S/c1-26(2)23(21-17-27(3)22-7-5-4-6-20(21)22)16-25-24(29)18-8-10-19(11-9-18)33(30,31)28-12-14-32-15-13-28/h4-11,17,23H,12-16H2,1-3H3,(H,25,29). The monoisotopic (exact) mass is 470 g/mol. The highest BCUT2D eigenvalue weighted by molar-refractivity contribution is 7.89. The second-order valence-corrected chi connectivity index (χ2v) is 10.4. The van der Waals surface area contributed by atoms with Gasteiger partial charge in [-0.2, -0.15) is 4.31 Å². The Morgan fingerprint density at radius 2 is 1.76 bits per heavy atom. The number of hydrogen-bond donors (Lipinski definition) is 1. The fourth-order valence-corrected chi connectivity index (χ4v) is 5.62. The zero-order valence-corrected chi connectivity index (χ0v) is 20.0. The van der Waals surface area contributed by atoms with Gasteiger partial charge in [-0.15, -0.1) is 0 Å². The Labute approximate surface area is 194 Å². The Morgan fingerprint density at radius 3 is 2.42 bits per heavy atom. The van der Waals surface area contributed by atoms with Gasteiger partial charge in [0.05, 0.1) is 24.2 Å². The molecule has 2 aromatic carbocycles. The first-order valence-electron chi connectivity index (χ1n) is 11.0. The van der Waals surface area contributed by atoms with Crippen LogP contribution in [0.1, 0.15) is 22.0 Å². The molecule has 1 fully saturated rings. The summed E-state index contributed by atoms with van der Waals surface area (Å²) < 4.78 is 34.3. The second-order valence-electron chi connectivity index (χ2n) is 8.44. The van der Waals surface area contributed by atoms with Gasteiger partial charge in [0.15, 0.2) is 0 Å². The van der Waals surface area contributed by atoms with Gasteiger partial charge < -0.3 is 19.5 Å². The van der Waals surface area contributed by atoms with Gasteiger partial charge in [0, 0.05) is 49.3 Å². The zero-order valence-electron chi connectivity index (χ0n) is 19.2. The fraction of sp³-hybridized carbons (Fsp3) is 0.375. The topological polar surface area (TPSA) is 83.9 Å². The maximum Gasteiger partial charge on any atom is 0.251 e. The lowest BCUT2D eigenvalue weighted by atomic mass is 10.0. The molecule has 1 unspecified atom stereocenters. The van der Waals surface area contributed by atoms with Gasteiger partial charge in [0.1, 0.15) is 0 Å². The molecule has 0 radical (unpaired) electrons. The van der Waals surface area contributed by atoms with Crippen LogP contribution in [0.2, 0.25) is 0 Å². The average Bonchev–Trinajstić information content (AvgIpc) is 3.16. The number of amides is 1. The molecule has 33 heavy (non-hydrogen) atoms. The molecule has 1 amide bonds. The zero-order chi connectivity index (χ0) is 23.6. The van der Waals surface area contributed by atoms with Crippen LogP contribution < -0.4 is 5.32 Å². The molecule has 176 valence electrons. The SMILES string of the molecule is CN(C)C(CNC(=O)c1ccc(S(=O)(=O)N2CCOCC2)cc1)c1cn(C)c2ccccc12. The number of hydrogen-bond acceptors (Lipinski definition) is 5. The van der Waals surface area contributed by atoms with E-state index >= 15 is 0 Å². The number of fused-ring (bicyclic) bond motifs is 1. The number of nitrogens with zero attached hydrogens (tertiary/aromatic N) is 3. The van der Waals surface area contributed by atoms with Crippen molar-refractivity contribution in [3.63, 3.8) is 0 Å². The minimum absolute atomic E-state index is 0.0129. The van der Waals surface area contributed by atoms with E-state index in [-0.39, 0.29) is 16.8 Å². The van der Waals surface area contributed by atoms with Crippen LogP contribution in [-0.2, 0) is 21.8 Å². The van der Waals surface area contributed by atoms with Crippen molar-refractivity contribution < 1.29 is 17.9 Å². The van der Waals surface area contributed by atoms with Crippen molar-refractivity contribution in [3.8, 4) is 0 Å². The van der Waals surface area contributed by atoms with E-state index < -0.39 is 10.0 Å². The number of aromatic nitrogens is 1. The van der Waals surface area contributed by atoms with Gasteiger partial charge in [-0.1, -0.05) is 18.2 Å². The molecule has 1 N–H and O–H groups in total. The van der Waals surface area contributed by atoms with E-state index in [0.29, 0.717) is 38.4 Å². The van der Waals surface area contributed by atoms with Crippen molar-refractivity contribution >= 4 is 26.8 Å². The summed E-state index contributed by atoms with van der Waals surface area (Å²) >= 11 is 0. The summed E-state index contributed by atoms with van der Waals surface area (Å²) in [5.74, 6) is -0.239. The smallest absolute Gasteiger partial charge is 0.251 e. The van der Waals surface area contributed by atoms with Crippen LogP contribution in [-0.4, -0.2) is 75.0 Å².